The van der Waals surface area contributed by atoms with Gasteiger partial charge in [-0.2, -0.15) is 0 Å². The molecule has 0 aliphatic rings. The predicted octanol–water partition coefficient (Wildman–Crippen LogP) is 2.79. The van der Waals surface area contributed by atoms with E-state index in [4.69, 9.17) is 26.8 Å². The fraction of sp³-hybridized carbons (Fsp3) is 0.176. The Morgan fingerprint density at radius 3 is 2.40 bits per heavy atom. The molecular weight excluding hydrogens is 356 g/mol. The molecule has 1 atom stereocenters. The van der Waals surface area contributed by atoms with Crippen molar-refractivity contribution in [3.8, 4) is 5.75 Å². The summed E-state index contributed by atoms with van der Waals surface area (Å²) < 4.78 is 38.1. The third-order valence-electron chi connectivity index (χ3n) is 3.21. The Bertz CT molecular complexity index is 771. The van der Waals surface area contributed by atoms with Gasteiger partial charge in [0.2, 0.25) is 0 Å². The van der Waals surface area contributed by atoms with E-state index in [0.29, 0.717) is 0 Å². The van der Waals surface area contributed by atoms with Crippen LogP contribution in [0.3, 0.4) is 0 Å². The molecule has 8 heteroatoms. The summed E-state index contributed by atoms with van der Waals surface area (Å²) in [5.41, 5.74) is 4.83. The first-order valence-corrected chi connectivity index (χ1v) is 7.53. The van der Waals surface area contributed by atoms with Gasteiger partial charge in [0.1, 0.15) is 11.4 Å². The van der Waals surface area contributed by atoms with E-state index in [1.807, 2.05) is 30.3 Å². The van der Waals surface area contributed by atoms with Gasteiger partial charge < -0.3 is 15.2 Å². The van der Waals surface area contributed by atoms with E-state index in [0.717, 1.165) is 17.7 Å². The van der Waals surface area contributed by atoms with Crippen LogP contribution in [0.15, 0.2) is 42.5 Å². The number of hydrogen-bond acceptors (Lipinski definition) is 4. The fourth-order valence-corrected chi connectivity index (χ4v) is 2.11. The highest BCUT2D eigenvalue weighted by Crippen LogP contribution is 2.24. The molecule has 2 N–H and O–H groups in total. The lowest BCUT2D eigenvalue weighted by Gasteiger charge is -2.17. The van der Waals surface area contributed by atoms with Crippen LogP contribution >= 0.6 is 11.6 Å². The lowest BCUT2D eigenvalue weighted by Crippen LogP contribution is -2.30. The topological polar surface area (TPSA) is 78.6 Å². The Balaban J connectivity index is 2.08. The first kappa shape index (κ1) is 18.8. The summed E-state index contributed by atoms with van der Waals surface area (Å²) in [4.78, 5) is 22.6. The van der Waals surface area contributed by atoms with Gasteiger partial charge in [-0.15, -0.1) is 0 Å². The number of primary amides is 1. The minimum Gasteiger partial charge on any atom is -0.476 e. The lowest BCUT2D eigenvalue weighted by molar-refractivity contribution is -0.120. The van der Waals surface area contributed by atoms with Crippen molar-refractivity contribution in [3.63, 3.8) is 0 Å². The summed E-state index contributed by atoms with van der Waals surface area (Å²) in [7, 11) is 0. The van der Waals surface area contributed by atoms with Crippen LogP contribution in [0.25, 0.3) is 0 Å². The molecule has 2 aromatic rings. The highest BCUT2D eigenvalue weighted by molar-refractivity contribution is 6.64. The van der Waals surface area contributed by atoms with Crippen LogP contribution < -0.4 is 10.5 Å². The molecular formula is C17H14ClF2NO4. The Labute approximate surface area is 147 Å². The van der Waals surface area contributed by atoms with Gasteiger partial charge in [-0.3, -0.25) is 9.59 Å². The minimum absolute atomic E-state index is 0.184. The van der Waals surface area contributed by atoms with Gasteiger partial charge in [0.05, 0.1) is 13.2 Å². The average molecular weight is 370 g/mol. The highest BCUT2D eigenvalue weighted by atomic mass is 35.5. The SMILES string of the molecule is NC(=O)c1c(F)ccc(OC(COCc2ccccc2)C(=O)Cl)c1F. The first-order valence-electron chi connectivity index (χ1n) is 7.15. The zero-order valence-electron chi connectivity index (χ0n) is 12.9. The molecule has 0 aliphatic carbocycles. The van der Waals surface area contributed by atoms with Gasteiger partial charge >= 0.3 is 0 Å². The maximum absolute atomic E-state index is 14.1. The molecule has 0 aliphatic heterocycles. The van der Waals surface area contributed by atoms with E-state index in [2.05, 4.69) is 0 Å². The lowest BCUT2D eigenvalue weighted by atomic mass is 10.1. The number of ether oxygens (including phenoxy) is 2. The van der Waals surface area contributed by atoms with E-state index in [9.17, 15) is 18.4 Å². The van der Waals surface area contributed by atoms with Crippen molar-refractivity contribution in [3.05, 3.63) is 65.2 Å². The molecule has 2 rings (SSSR count). The molecule has 1 unspecified atom stereocenters. The number of carbonyl (C=O) groups is 2. The summed E-state index contributed by atoms with van der Waals surface area (Å²) in [5.74, 6) is -4.27. The second kappa shape index (κ2) is 8.55. The zero-order chi connectivity index (χ0) is 18.4. The van der Waals surface area contributed by atoms with Crippen molar-refractivity contribution in [2.24, 2.45) is 5.73 Å². The fourth-order valence-electron chi connectivity index (χ4n) is 2.01. The van der Waals surface area contributed by atoms with Crippen LogP contribution in [0.5, 0.6) is 5.75 Å². The zero-order valence-corrected chi connectivity index (χ0v) is 13.6. The van der Waals surface area contributed by atoms with Gasteiger partial charge in [0.25, 0.3) is 11.1 Å². The van der Waals surface area contributed by atoms with Gasteiger partial charge in [0, 0.05) is 0 Å². The summed E-state index contributed by atoms with van der Waals surface area (Å²) >= 11 is 5.43. The Morgan fingerprint density at radius 2 is 1.80 bits per heavy atom. The van der Waals surface area contributed by atoms with Crippen LogP contribution in [0, 0.1) is 11.6 Å². The first-order chi connectivity index (χ1) is 11.9. The number of rotatable bonds is 8. The molecule has 0 bridgehead atoms. The molecule has 0 saturated heterocycles. The minimum atomic E-state index is -1.34. The van der Waals surface area contributed by atoms with Gasteiger partial charge in [0.15, 0.2) is 17.7 Å². The predicted molar refractivity (Wildman–Crippen MR) is 86.2 cm³/mol. The average Bonchev–Trinajstić information content (AvgIpc) is 2.56. The van der Waals surface area contributed by atoms with E-state index in [1.165, 1.54) is 0 Å². The number of carbonyl (C=O) groups excluding carboxylic acids is 2. The molecule has 1 amide bonds. The summed E-state index contributed by atoms with van der Waals surface area (Å²) in [6.45, 7) is -0.0801. The third-order valence-corrected chi connectivity index (χ3v) is 3.45. The summed E-state index contributed by atoms with van der Waals surface area (Å²) in [6.07, 6.45) is -1.34. The van der Waals surface area contributed by atoms with Crippen molar-refractivity contribution in [1.82, 2.24) is 0 Å². The van der Waals surface area contributed by atoms with Crippen molar-refractivity contribution in [1.29, 1.82) is 0 Å². The summed E-state index contributed by atoms with van der Waals surface area (Å²) in [6, 6.07) is 10.8. The smallest absolute Gasteiger partial charge is 0.264 e. The van der Waals surface area contributed by atoms with E-state index < -0.39 is 40.2 Å². The van der Waals surface area contributed by atoms with E-state index in [1.54, 1.807) is 0 Å². The van der Waals surface area contributed by atoms with Crippen molar-refractivity contribution < 1.29 is 27.8 Å². The Hall–Kier alpha value is -2.51. The molecule has 0 spiro atoms. The quantitative estimate of drug-likeness (QED) is 0.726. The summed E-state index contributed by atoms with van der Waals surface area (Å²) in [5, 5.41) is -0.933. The van der Waals surface area contributed by atoms with Crippen LogP contribution in [0.4, 0.5) is 8.78 Å². The van der Waals surface area contributed by atoms with Gasteiger partial charge in [-0.05, 0) is 29.3 Å². The van der Waals surface area contributed by atoms with Crippen LogP contribution in [0.2, 0.25) is 0 Å². The van der Waals surface area contributed by atoms with Crippen molar-refractivity contribution >= 4 is 22.8 Å². The maximum atomic E-state index is 14.1. The second-order valence-corrected chi connectivity index (χ2v) is 5.38. The second-order valence-electron chi connectivity index (χ2n) is 5.01. The van der Waals surface area contributed by atoms with Crippen LogP contribution in [0.1, 0.15) is 15.9 Å². The molecule has 5 nitrogen and oxygen atoms in total. The van der Waals surface area contributed by atoms with Gasteiger partial charge in [-0.1, -0.05) is 30.3 Å². The maximum Gasteiger partial charge on any atom is 0.264 e. The van der Waals surface area contributed by atoms with Gasteiger partial charge in [-0.25, -0.2) is 8.78 Å². The van der Waals surface area contributed by atoms with E-state index in [-0.39, 0.29) is 13.2 Å². The van der Waals surface area contributed by atoms with Crippen molar-refractivity contribution in [2.75, 3.05) is 6.61 Å². The number of nitrogens with two attached hydrogens (primary N) is 1. The number of halogens is 3. The monoisotopic (exact) mass is 369 g/mol. The number of benzene rings is 2. The van der Waals surface area contributed by atoms with Crippen LogP contribution in [-0.4, -0.2) is 23.9 Å². The molecule has 0 fully saturated rings. The van der Waals surface area contributed by atoms with E-state index >= 15 is 0 Å². The molecule has 2 aromatic carbocycles. The normalized spacial score (nSPS) is 11.8. The number of amides is 1. The number of hydrogen-bond donors (Lipinski definition) is 1. The molecule has 132 valence electrons. The third kappa shape index (κ3) is 4.98. The highest BCUT2D eigenvalue weighted by Gasteiger charge is 2.24. The molecule has 0 radical (unpaired) electrons. The van der Waals surface area contributed by atoms with Crippen molar-refractivity contribution in [2.45, 2.75) is 12.7 Å². The molecule has 25 heavy (non-hydrogen) atoms. The Morgan fingerprint density at radius 1 is 1.12 bits per heavy atom. The molecule has 0 aromatic heterocycles. The standard InChI is InChI=1S/C17H14ClF2NO4/c18-16(22)13(9-24-8-10-4-2-1-3-5-10)25-12-7-6-11(19)14(15(12)20)17(21)23/h1-7,13H,8-9H2,(H2,21,23). The molecule has 0 heterocycles. The largest absolute Gasteiger partial charge is 0.476 e. The van der Waals surface area contributed by atoms with Crippen LogP contribution in [-0.2, 0) is 16.1 Å². The Kier molecular flexibility index (Phi) is 6.44. The molecule has 0 saturated carbocycles.